The van der Waals surface area contributed by atoms with Crippen LogP contribution in [-0.2, 0) is 0 Å². The predicted molar refractivity (Wildman–Crippen MR) is 83.8 cm³/mol. The maximum Gasteiger partial charge on any atom is 0.0703 e. The zero-order valence-corrected chi connectivity index (χ0v) is 11.9. The van der Waals surface area contributed by atoms with Crippen LogP contribution in [0.25, 0.3) is 10.9 Å². The topological polar surface area (TPSA) is 24.9 Å². The molecular formula is C18H22N2. The lowest BCUT2D eigenvalue weighted by atomic mass is 9.82. The Balaban J connectivity index is 1.48. The van der Waals surface area contributed by atoms with Crippen LogP contribution in [0.2, 0.25) is 0 Å². The van der Waals surface area contributed by atoms with Crippen molar-refractivity contribution in [1.82, 2.24) is 4.98 Å². The van der Waals surface area contributed by atoms with Crippen LogP contribution >= 0.6 is 0 Å². The molecule has 0 bridgehead atoms. The number of hydrogen-bond acceptors (Lipinski definition) is 2. The SMILES string of the molecule is c1ccc2ncc(NC3CCCC(C4CC4)C3)cc2c1. The maximum atomic E-state index is 4.55. The highest BCUT2D eigenvalue weighted by atomic mass is 14.9. The van der Waals surface area contributed by atoms with Gasteiger partial charge in [0.1, 0.15) is 0 Å². The molecule has 0 radical (unpaired) electrons. The molecule has 1 N–H and O–H groups in total. The average Bonchev–Trinajstić information content (AvgIpc) is 3.32. The van der Waals surface area contributed by atoms with Gasteiger partial charge in [-0.2, -0.15) is 0 Å². The Morgan fingerprint density at radius 2 is 1.90 bits per heavy atom. The Labute approximate surface area is 120 Å². The molecule has 1 aromatic carbocycles. The average molecular weight is 266 g/mol. The molecule has 1 aromatic heterocycles. The van der Waals surface area contributed by atoms with E-state index in [1.807, 2.05) is 12.3 Å². The van der Waals surface area contributed by atoms with E-state index in [4.69, 9.17) is 0 Å². The summed E-state index contributed by atoms with van der Waals surface area (Å²) in [6.07, 6.45) is 10.5. The zero-order valence-electron chi connectivity index (χ0n) is 11.9. The Bertz CT molecular complexity index is 603. The van der Waals surface area contributed by atoms with Crippen molar-refractivity contribution in [3.05, 3.63) is 36.5 Å². The van der Waals surface area contributed by atoms with Crippen LogP contribution in [0.15, 0.2) is 36.5 Å². The molecule has 2 unspecified atom stereocenters. The smallest absolute Gasteiger partial charge is 0.0703 e. The number of hydrogen-bond donors (Lipinski definition) is 1. The molecular weight excluding hydrogens is 244 g/mol. The van der Waals surface area contributed by atoms with Crippen molar-refractivity contribution >= 4 is 16.6 Å². The van der Waals surface area contributed by atoms with Crippen LogP contribution in [0.3, 0.4) is 0 Å². The standard InChI is InChI=1S/C18H22N2/c1-2-7-18-15(4-1)11-17(12-19-18)20-16-6-3-5-14(10-16)13-8-9-13/h1-2,4,7,11-14,16,20H,3,5-6,8-10H2. The predicted octanol–water partition coefficient (Wildman–Crippen LogP) is 4.62. The number of benzene rings is 1. The number of para-hydroxylation sites is 1. The van der Waals surface area contributed by atoms with Crippen molar-refractivity contribution in [1.29, 1.82) is 0 Å². The van der Waals surface area contributed by atoms with Gasteiger partial charge in [0.25, 0.3) is 0 Å². The van der Waals surface area contributed by atoms with Gasteiger partial charge in [0.2, 0.25) is 0 Å². The van der Waals surface area contributed by atoms with Crippen LogP contribution in [-0.4, -0.2) is 11.0 Å². The second kappa shape index (κ2) is 5.08. The fraction of sp³-hybridized carbons (Fsp3) is 0.500. The van der Waals surface area contributed by atoms with E-state index in [9.17, 15) is 0 Å². The monoisotopic (exact) mass is 266 g/mol. The third-order valence-electron chi connectivity index (χ3n) is 4.96. The molecule has 20 heavy (non-hydrogen) atoms. The molecule has 2 aliphatic carbocycles. The summed E-state index contributed by atoms with van der Waals surface area (Å²) in [6.45, 7) is 0. The van der Waals surface area contributed by atoms with Crippen molar-refractivity contribution in [2.75, 3.05) is 5.32 Å². The van der Waals surface area contributed by atoms with Crippen LogP contribution in [0.5, 0.6) is 0 Å². The summed E-state index contributed by atoms with van der Waals surface area (Å²) in [5, 5.41) is 4.95. The Morgan fingerprint density at radius 1 is 1.00 bits per heavy atom. The van der Waals surface area contributed by atoms with Gasteiger partial charge in [-0.15, -0.1) is 0 Å². The second-order valence-electron chi connectivity index (χ2n) is 6.52. The summed E-state index contributed by atoms with van der Waals surface area (Å²) in [7, 11) is 0. The van der Waals surface area contributed by atoms with Gasteiger partial charge in [-0.25, -0.2) is 0 Å². The van der Waals surface area contributed by atoms with Crippen molar-refractivity contribution in [2.45, 2.75) is 44.6 Å². The first kappa shape index (κ1) is 12.2. The van der Waals surface area contributed by atoms with Gasteiger partial charge >= 0.3 is 0 Å². The zero-order chi connectivity index (χ0) is 13.4. The van der Waals surface area contributed by atoms with Gasteiger partial charge in [-0.1, -0.05) is 31.0 Å². The number of rotatable bonds is 3. The van der Waals surface area contributed by atoms with E-state index in [1.165, 1.54) is 49.6 Å². The first-order valence-corrected chi connectivity index (χ1v) is 8.00. The highest BCUT2D eigenvalue weighted by Crippen LogP contribution is 2.44. The van der Waals surface area contributed by atoms with Crippen molar-refractivity contribution < 1.29 is 0 Å². The molecule has 2 nitrogen and oxygen atoms in total. The molecule has 2 aromatic rings. The van der Waals surface area contributed by atoms with Gasteiger partial charge in [-0.05, 0) is 49.7 Å². The van der Waals surface area contributed by atoms with Crippen LogP contribution in [0, 0.1) is 11.8 Å². The van der Waals surface area contributed by atoms with E-state index in [1.54, 1.807) is 0 Å². The van der Waals surface area contributed by atoms with Gasteiger partial charge in [0.15, 0.2) is 0 Å². The highest BCUT2D eigenvalue weighted by Gasteiger charge is 2.34. The number of aromatic nitrogens is 1. The minimum Gasteiger partial charge on any atom is -0.381 e. The molecule has 4 rings (SSSR count). The molecule has 1 heterocycles. The fourth-order valence-electron chi connectivity index (χ4n) is 3.74. The lowest BCUT2D eigenvalue weighted by Gasteiger charge is -2.30. The summed E-state index contributed by atoms with van der Waals surface area (Å²) in [5.74, 6) is 2.03. The summed E-state index contributed by atoms with van der Waals surface area (Å²) >= 11 is 0. The van der Waals surface area contributed by atoms with Gasteiger partial charge in [0, 0.05) is 11.4 Å². The van der Waals surface area contributed by atoms with Crippen LogP contribution < -0.4 is 5.32 Å². The number of nitrogens with zero attached hydrogens (tertiary/aromatic N) is 1. The van der Waals surface area contributed by atoms with Crippen LogP contribution in [0.4, 0.5) is 5.69 Å². The first-order valence-electron chi connectivity index (χ1n) is 8.00. The van der Waals surface area contributed by atoms with E-state index < -0.39 is 0 Å². The van der Waals surface area contributed by atoms with Crippen molar-refractivity contribution in [3.63, 3.8) is 0 Å². The molecule has 104 valence electrons. The number of pyridine rings is 1. The molecule has 0 saturated heterocycles. The largest absolute Gasteiger partial charge is 0.381 e. The lowest BCUT2D eigenvalue weighted by molar-refractivity contribution is 0.303. The Hall–Kier alpha value is -1.57. The molecule has 2 aliphatic rings. The molecule has 0 aliphatic heterocycles. The molecule has 0 amide bonds. The summed E-state index contributed by atoms with van der Waals surface area (Å²) in [6, 6.07) is 11.2. The summed E-state index contributed by atoms with van der Waals surface area (Å²) in [5.41, 5.74) is 2.27. The van der Waals surface area contributed by atoms with Crippen LogP contribution in [0.1, 0.15) is 38.5 Å². The van der Waals surface area contributed by atoms with E-state index in [2.05, 4.69) is 34.6 Å². The van der Waals surface area contributed by atoms with Gasteiger partial charge in [0.05, 0.1) is 17.4 Å². The molecule has 2 fully saturated rings. The minimum absolute atomic E-state index is 0.650. The number of nitrogens with one attached hydrogen (secondary N) is 1. The first-order chi connectivity index (χ1) is 9.88. The number of anilines is 1. The summed E-state index contributed by atoms with van der Waals surface area (Å²) in [4.78, 5) is 4.55. The third-order valence-corrected chi connectivity index (χ3v) is 4.96. The van der Waals surface area contributed by atoms with E-state index in [-0.39, 0.29) is 0 Å². The van der Waals surface area contributed by atoms with Gasteiger partial charge < -0.3 is 5.32 Å². The molecule has 2 saturated carbocycles. The molecule has 2 atom stereocenters. The quantitative estimate of drug-likeness (QED) is 0.877. The fourth-order valence-corrected chi connectivity index (χ4v) is 3.74. The van der Waals surface area contributed by atoms with Crippen molar-refractivity contribution in [2.24, 2.45) is 11.8 Å². The number of fused-ring (bicyclic) bond motifs is 1. The second-order valence-corrected chi connectivity index (χ2v) is 6.52. The minimum atomic E-state index is 0.650. The molecule has 0 spiro atoms. The highest BCUT2D eigenvalue weighted by molar-refractivity contribution is 5.81. The van der Waals surface area contributed by atoms with E-state index in [0.29, 0.717) is 6.04 Å². The Morgan fingerprint density at radius 3 is 2.80 bits per heavy atom. The molecule has 2 heteroatoms. The lowest BCUT2D eigenvalue weighted by Crippen LogP contribution is -2.28. The van der Waals surface area contributed by atoms with Gasteiger partial charge in [-0.3, -0.25) is 4.98 Å². The Kier molecular flexibility index (Phi) is 3.10. The normalized spacial score (nSPS) is 26.6. The third kappa shape index (κ3) is 2.52. The van der Waals surface area contributed by atoms with E-state index in [0.717, 1.165) is 17.4 Å². The van der Waals surface area contributed by atoms with E-state index >= 15 is 0 Å². The summed E-state index contributed by atoms with van der Waals surface area (Å²) < 4.78 is 0. The maximum absolute atomic E-state index is 4.55. The van der Waals surface area contributed by atoms with Crippen molar-refractivity contribution in [3.8, 4) is 0 Å².